The third-order valence-electron chi connectivity index (χ3n) is 2.87. The van der Waals surface area contributed by atoms with Gasteiger partial charge in [0.15, 0.2) is 0 Å². The van der Waals surface area contributed by atoms with Crippen molar-refractivity contribution in [2.45, 2.75) is 23.5 Å². The van der Waals surface area contributed by atoms with Crippen LogP contribution in [0.5, 0.6) is 0 Å². The highest BCUT2D eigenvalue weighted by Gasteiger charge is 2.31. The highest BCUT2D eigenvalue weighted by molar-refractivity contribution is 7.89. The predicted octanol–water partition coefficient (Wildman–Crippen LogP) is 1.77. The summed E-state index contributed by atoms with van der Waals surface area (Å²) in [5.41, 5.74) is -0.867. The number of hydrogen-bond donors (Lipinski definition) is 2. The molecular weight excluding hydrogens is 317 g/mol. The monoisotopic (exact) mass is 330 g/mol. The minimum Gasteiger partial charge on any atom is -0.315 e. The Morgan fingerprint density at radius 2 is 1.80 bits per heavy atom. The minimum atomic E-state index is -4.47. The molecule has 20 heavy (non-hydrogen) atoms. The van der Waals surface area contributed by atoms with Gasteiger partial charge in [0.25, 0.3) is 0 Å². The fourth-order valence-corrected chi connectivity index (χ4v) is 3.14. The lowest BCUT2D eigenvalue weighted by Gasteiger charge is -2.13. The van der Waals surface area contributed by atoms with Gasteiger partial charge in [0, 0.05) is 12.6 Å². The molecule has 9 heteroatoms. The van der Waals surface area contributed by atoms with Crippen molar-refractivity contribution >= 4 is 22.4 Å². The van der Waals surface area contributed by atoms with E-state index in [1.807, 2.05) is 0 Å². The molecule has 1 unspecified atom stereocenters. The zero-order chi connectivity index (χ0) is 14.1. The average molecular weight is 331 g/mol. The van der Waals surface area contributed by atoms with E-state index in [1.165, 1.54) is 0 Å². The number of alkyl halides is 3. The molecule has 114 valence electrons. The molecule has 1 saturated heterocycles. The normalized spacial score (nSPS) is 19.6. The van der Waals surface area contributed by atoms with Gasteiger partial charge < -0.3 is 5.32 Å². The van der Waals surface area contributed by atoms with E-state index in [-0.39, 0.29) is 23.3 Å². The van der Waals surface area contributed by atoms with Gasteiger partial charge in [-0.05, 0) is 37.2 Å². The summed E-state index contributed by atoms with van der Waals surface area (Å²) in [7, 11) is -3.76. The summed E-state index contributed by atoms with van der Waals surface area (Å²) in [6.45, 7) is 1.25. The second kappa shape index (κ2) is 6.30. The van der Waals surface area contributed by atoms with Gasteiger partial charge in [0.05, 0.1) is 10.5 Å². The van der Waals surface area contributed by atoms with Crippen molar-refractivity contribution < 1.29 is 21.6 Å². The highest BCUT2D eigenvalue weighted by Crippen LogP contribution is 2.29. The van der Waals surface area contributed by atoms with Gasteiger partial charge in [0.1, 0.15) is 0 Å². The Hall–Kier alpha value is -0.830. The van der Waals surface area contributed by atoms with Crippen molar-refractivity contribution in [3.63, 3.8) is 0 Å². The maximum absolute atomic E-state index is 12.4. The number of benzene rings is 1. The molecule has 1 heterocycles. The van der Waals surface area contributed by atoms with Crippen molar-refractivity contribution in [3.05, 3.63) is 29.8 Å². The van der Waals surface area contributed by atoms with Crippen LogP contribution in [0.25, 0.3) is 0 Å². The van der Waals surface area contributed by atoms with E-state index in [4.69, 9.17) is 0 Å². The van der Waals surface area contributed by atoms with Crippen molar-refractivity contribution in [3.8, 4) is 0 Å². The van der Waals surface area contributed by atoms with Crippen molar-refractivity contribution in [2.75, 3.05) is 13.1 Å². The van der Waals surface area contributed by atoms with E-state index in [2.05, 4.69) is 10.0 Å². The fraction of sp³-hybridized carbons (Fsp3) is 0.455. The second-order valence-electron chi connectivity index (χ2n) is 4.33. The number of hydrogen-bond acceptors (Lipinski definition) is 3. The van der Waals surface area contributed by atoms with E-state index >= 15 is 0 Å². The SMILES string of the molecule is Cl.O=S(=O)(NC1CCNC1)c1ccc(C(F)(F)F)cc1. The molecule has 0 bridgehead atoms. The highest BCUT2D eigenvalue weighted by atomic mass is 35.5. The molecule has 0 aromatic heterocycles. The van der Waals surface area contributed by atoms with Gasteiger partial charge in [-0.15, -0.1) is 12.4 Å². The Morgan fingerprint density at radius 3 is 2.25 bits per heavy atom. The Labute approximate surface area is 121 Å². The zero-order valence-electron chi connectivity index (χ0n) is 10.3. The molecular formula is C11H14ClF3N2O2S. The minimum absolute atomic E-state index is 0. The Morgan fingerprint density at radius 1 is 1.20 bits per heavy atom. The molecule has 0 radical (unpaired) electrons. The van der Waals surface area contributed by atoms with Crippen LogP contribution in [0, 0.1) is 0 Å². The summed E-state index contributed by atoms with van der Waals surface area (Å²) >= 11 is 0. The van der Waals surface area contributed by atoms with Crippen LogP contribution in [0.3, 0.4) is 0 Å². The molecule has 1 fully saturated rings. The quantitative estimate of drug-likeness (QED) is 0.888. The average Bonchev–Trinajstić information content (AvgIpc) is 2.80. The smallest absolute Gasteiger partial charge is 0.315 e. The molecule has 0 saturated carbocycles. The Bertz CT molecular complexity index is 540. The maximum Gasteiger partial charge on any atom is 0.416 e. The van der Waals surface area contributed by atoms with E-state index in [1.54, 1.807) is 0 Å². The third-order valence-corrected chi connectivity index (χ3v) is 4.41. The molecule has 2 N–H and O–H groups in total. The topological polar surface area (TPSA) is 58.2 Å². The molecule has 1 aromatic rings. The third kappa shape index (κ3) is 4.08. The summed E-state index contributed by atoms with van der Waals surface area (Å²) in [6.07, 6.45) is -3.80. The lowest BCUT2D eigenvalue weighted by Crippen LogP contribution is -2.36. The predicted molar refractivity (Wildman–Crippen MR) is 70.3 cm³/mol. The van der Waals surface area contributed by atoms with Crippen LogP contribution >= 0.6 is 12.4 Å². The van der Waals surface area contributed by atoms with Gasteiger partial charge in [-0.2, -0.15) is 13.2 Å². The number of halogens is 4. The van der Waals surface area contributed by atoms with Crippen LogP contribution in [0.2, 0.25) is 0 Å². The summed E-state index contributed by atoms with van der Waals surface area (Å²) in [5.74, 6) is 0. The first-order valence-corrected chi connectivity index (χ1v) is 7.18. The molecule has 0 aliphatic carbocycles. The van der Waals surface area contributed by atoms with E-state index in [0.29, 0.717) is 13.0 Å². The number of nitrogens with one attached hydrogen (secondary N) is 2. The first-order valence-electron chi connectivity index (χ1n) is 5.69. The van der Waals surface area contributed by atoms with Crippen molar-refractivity contribution in [1.29, 1.82) is 0 Å². The van der Waals surface area contributed by atoms with Gasteiger partial charge in [-0.3, -0.25) is 0 Å². The number of sulfonamides is 1. The van der Waals surface area contributed by atoms with Crippen molar-refractivity contribution in [1.82, 2.24) is 10.0 Å². The lowest BCUT2D eigenvalue weighted by atomic mass is 10.2. The van der Waals surface area contributed by atoms with E-state index in [0.717, 1.165) is 30.8 Å². The Kier molecular flexibility index (Phi) is 5.42. The van der Waals surface area contributed by atoms with E-state index in [9.17, 15) is 21.6 Å². The zero-order valence-corrected chi connectivity index (χ0v) is 11.9. The van der Waals surface area contributed by atoms with Crippen LogP contribution < -0.4 is 10.0 Å². The Balaban J connectivity index is 0.00000200. The van der Waals surface area contributed by atoms with E-state index < -0.39 is 21.8 Å². The summed E-state index contributed by atoms with van der Waals surface area (Å²) in [6, 6.07) is 3.25. The van der Waals surface area contributed by atoms with Gasteiger partial charge in [-0.1, -0.05) is 0 Å². The number of rotatable bonds is 3. The summed E-state index contributed by atoms with van der Waals surface area (Å²) in [5, 5.41) is 3.00. The molecule has 1 aliphatic rings. The van der Waals surface area contributed by atoms with Gasteiger partial charge in [-0.25, -0.2) is 13.1 Å². The van der Waals surface area contributed by atoms with Crippen LogP contribution in [0.1, 0.15) is 12.0 Å². The molecule has 1 aromatic carbocycles. The fourth-order valence-electron chi connectivity index (χ4n) is 1.87. The van der Waals surface area contributed by atoms with Crippen LogP contribution in [0.4, 0.5) is 13.2 Å². The molecule has 2 rings (SSSR count). The lowest BCUT2D eigenvalue weighted by molar-refractivity contribution is -0.137. The first-order chi connectivity index (χ1) is 8.79. The molecule has 1 atom stereocenters. The van der Waals surface area contributed by atoms with Gasteiger partial charge in [0.2, 0.25) is 10.0 Å². The molecule has 0 spiro atoms. The maximum atomic E-state index is 12.4. The molecule has 0 amide bonds. The standard InChI is InChI=1S/C11H13F3N2O2S.ClH/c12-11(13,14)8-1-3-10(4-2-8)19(17,18)16-9-5-6-15-7-9;/h1-4,9,15-16H,5-7H2;1H. The first kappa shape index (κ1) is 17.2. The van der Waals surface area contributed by atoms with Crippen LogP contribution in [0.15, 0.2) is 29.2 Å². The van der Waals surface area contributed by atoms with Gasteiger partial charge >= 0.3 is 6.18 Å². The van der Waals surface area contributed by atoms with Crippen molar-refractivity contribution in [2.24, 2.45) is 0 Å². The van der Waals surface area contributed by atoms with Crippen LogP contribution in [-0.4, -0.2) is 27.5 Å². The van der Waals surface area contributed by atoms with Crippen LogP contribution in [-0.2, 0) is 16.2 Å². The summed E-state index contributed by atoms with van der Waals surface area (Å²) < 4.78 is 63.4. The molecule has 4 nitrogen and oxygen atoms in total. The second-order valence-corrected chi connectivity index (χ2v) is 6.05. The molecule has 1 aliphatic heterocycles. The largest absolute Gasteiger partial charge is 0.416 e. The summed E-state index contributed by atoms with van der Waals surface area (Å²) in [4.78, 5) is -0.160.